The van der Waals surface area contributed by atoms with E-state index >= 15 is 0 Å². The summed E-state index contributed by atoms with van der Waals surface area (Å²) in [4.78, 5) is 28.1. The van der Waals surface area contributed by atoms with Gasteiger partial charge in [-0.2, -0.15) is 0 Å². The third-order valence-corrected chi connectivity index (χ3v) is 6.48. The van der Waals surface area contributed by atoms with Gasteiger partial charge in [0.25, 0.3) is 5.91 Å². The zero-order chi connectivity index (χ0) is 23.6. The van der Waals surface area contributed by atoms with Gasteiger partial charge < -0.3 is 15.0 Å². The van der Waals surface area contributed by atoms with Crippen molar-refractivity contribution < 1.29 is 14.3 Å². The van der Waals surface area contributed by atoms with Crippen LogP contribution in [0.25, 0.3) is 0 Å². The van der Waals surface area contributed by atoms with E-state index < -0.39 is 6.04 Å². The number of hydrogen-bond acceptors (Lipinski definition) is 3. The predicted molar refractivity (Wildman–Crippen MR) is 132 cm³/mol. The minimum atomic E-state index is -0.492. The van der Waals surface area contributed by atoms with Crippen molar-refractivity contribution in [2.45, 2.75) is 77.3 Å². The average Bonchev–Trinajstić information content (AvgIpc) is 3.34. The van der Waals surface area contributed by atoms with Crippen molar-refractivity contribution in [3.63, 3.8) is 0 Å². The second-order valence-corrected chi connectivity index (χ2v) is 9.25. The van der Waals surface area contributed by atoms with Gasteiger partial charge in [-0.15, -0.1) is 0 Å². The van der Waals surface area contributed by atoms with Crippen LogP contribution in [0.3, 0.4) is 0 Å². The normalized spacial score (nSPS) is 14.8. The van der Waals surface area contributed by atoms with E-state index in [4.69, 9.17) is 4.74 Å². The summed E-state index contributed by atoms with van der Waals surface area (Å²) in [6, 6.07) is 17.7. The highest BCUT2D eigenvalue weighted by atomic mass is 16.5. The molecule has 0 aliphatic heterocycles. The maximum atomic E-state index is 13.3. The van der Waals surface area contributed by atoms with Gasteiger partial charge in [0.05, 0.1) is 0 Å². The molecule has 0 spiro atoms. The van der Waals surface area contributed by atoms with Crippen LogP contribution in [-0.2, 0) is 16.0 Å². The van der Waals surface area contributed by atoms with Crippen LogP contribution < -0.4 is 10.1 Å². The smallest absolute Gasteiger partial charge is 0.261 e. The van der Waals surface area contributed by atoms with E-state index in [1.165, 1.54) is 5.56 Å². The number of nitrogens with zero attached hydrogens (tertiary/aromatic N) is 1. The molecule has 2 amide bonds. The Morgan fingerprint density at radius 1 is 1.03 bits per heavy atom. The van der Waals surface area contributed by atoms with Gasteiger partial charge in [0.2, 0.25) is 5.91 Å². The first-order valence-corrected chi connectivity index (χ1v) is 12.3. The number of benzene rings is 2. The molecule has 1 aliphatic carbocycles. The summed E-state index contributed by atoms with van der Waals surface area (Å²) in [6.07, 6.45) is 5.62. The molecule has 178 valence electrons. The summed E-state index contributed by atoms with van der Waals surface area (Å²) in [6.45, 7) is 6.66. The second kappa shape index (κ2) is 12.4. The molecule has 1 unspecified atom stereocenters. The largest absolute Gasteiger partial charge is 0.484 e. The molecule has 0 aromatic heterocycles. The van der Waals surface area contributed by atoms with Gasteiger partial charge in [-0.3, -0.25) is 9.59 Å². The Kier molecular flexibility index (Phi) is 9.35. The molecule has 2 aromatic carbocycles. The minimum Gasteiger partial charge on any atom is -0.484 e. The zero-order valence-electron chi connectivity index (χ0n) is 20.3. The third kappa shape index (κ3) is 7.34. The molecule has 5 nitrogen and oxygen atoms in total. The lowest BCUT2D eigenvalue weighted by Crippen LogP contribution is -2.52. The maximum absolute atomic E-state index is 13.3. The summed E-state index contributed by atoms with van der Waals surface area (Å²) in [7, 11) is 0. The van der Waals surface area contributed by atoms with E-state index in [0.717, 1.165) is 31.2 Å². The fourth-order valence-corrected chi connectivity index (χ4v) is 4.44. The van der Waals surface area contributed by atoms with Gasteiger partial charge in [-0.05, 0) is 54.9 Å². The highest BCUT2D eigenvalue weighted by Crippen LogP contribution is 2.20. The number of carbonyl (C=O) groups is 2. The van der Waals surface area contributed by atoms with Crippen LogP contribution in [0.1, 0.15) is 69.9 Å². The molecule has 1 N–H and O–H groups in total. The van der Waals surface area contributed by atoms with Crippen LogP contribution in [0.5, 0.6) is 5.75 Å². The van der Waals surface area contributed by atoms with Gasteiger partial charge in [-0.25, -0.2) is 0 Å². The van der Waals surface area contributed by atoms with Crippen LogP contribution in [0.4, 0.5) is 0 Å². The van der Waals surface area contributed by atoms with Crippen molar-refractivity contribution in [1.82, 2.24) is 10.2 Å². The molecule has 1 saturated carbocycles. The average molecular weight is 451 g/mol. The van der Waals surface area contributed by atoms with Crippen LogP contribution in [-0.4, -0.2) is 41.9 Å². The third-order valence-electron chi connectivity index (χ3n) is 6.48. The van der Waals surface area contributed by atoms with E-state index in [1.54, 1.807) is 4.90 Å². The summed E-state index contributed by atoms with van der Waals surface area (Å²) in [5.74, 6) is 0.899. The van der Waals surface area contributed by atoms with Crippen molar-refractivity contribution in [1.29, 1.82) is 0 Å². The summed E-state index contributed by atoms with van der Waals surface area (Å²) >= 11 is 0. The summed E-state index contributed by atoms with van der Waals surface area (Å²) < 4.78 is 5.82. The Morgan fingerprint density at radius 2 is 1.70 bits per heavy atom. The summed E-state index contributed by atoms with van der Waals surface area (Å²) in [5, 5.41) is 3.18. The Labute approximate surface area is 198 Å². The van der Waals surface area contributed by atoms with E-state index in [0.29, 0.717) is 31.1 Å². The lowest BCUT2D eigenvalue weighted by atomic mass is 10.0. The van der Waals surface area contributed by atoms with E-state index in [1.807, 2.05) is 49.4 Å². The number of amides is 2. The van der Waals surface area contributed by atoms with Gasteiger partial charge >= 0.3 is 0 Å². The molecule has 0 bridgehead atoms. The van der Waals surface area contributed by atoms with Crippen molar-refractivity contribution in [3.05, 3.63) is 65.7 Å². The lowest BCUT2D eigenvalue weighted by Gasteiger charge is -2.31. The number of nitrogens with one attached hydrogen (secondary N) is 1. The molecule has 33 heavy (non-hydrogen) atoms. The van der Waals surface area contributed by atoms with Crippen LogP contribution in [0.15, 0.2) is 54.6 Å². The van der Waals surface area contributed by atoms with Crippen LogP contribution in [0.2, 0.25) is 0 Å². The Hall–Kier alpha value is -2.82. The Bertz CT molecular complexity index is 874. The molecular weight excluding hydrogens is 412 g/mol. The van der Waals surface area contributed by atoms with Gasteiger partial charge in [0.15, 0.2) is 6.61 Å². The molecule has 1 aliphatic rings. The molecule has 5 heteroatoms. The number of ether oxygens (including phenoxy) is 1. The molecule has 0 heterocycles. The first kappa shape index (κ1) is 24.8. The zero-order valence-corrected chi connectivity index (χ0v) is 20.3. The minimum absolute atomic E-state index is 0.0490. The monoisotopic (exact) mass is 450 g/mol. The second-order valence-electron chi connectivity index (χ2n) is 9.25. The number of carbonyl (C=O) groups excluding carboxylic acids is 2. The van der Waals surface area contributed by atoms with Crippen molar-refractivity contribution >= 4 is 11.8 Å². The molecule has 0 radical (unpaired) electrons. The van der Waals surface area contributed by atoms with E-state index in [2.05, 4.69) is 31.3 Å². The Morgan fingerprint density at radius 3 is 2.30 bits per heavy atom. The molecule has 1 atom stereocenters. The lowest BCUT2D eigenvalue weighted by molar-refractivity contribution is -0.142. The highest BCUT2D eigenvalue weighted by Gasteiger charge is 2.30. The quantitative estimate of drug-likeness (QED) is 0.518. The SMILES string of the molecule is CCC(C(=O)NC1CCCC1)N(CCc1ccccc1)C(=O)COc1ccc(C(C)C)cc1. The van der Waals surface area contributed by atoms with Crippen LogP contribution in [0, 0.1) is 0 Å². The Balaban J connectivity index is 1.68. The van der Waals surface area contributed by atoms with Gasteiger partial charge in [0.1, 0.15) is 11.8 Å². The molecule has 0 saturated heterocycles. The summed E-state index contributed by atoms with van der Waals surface area (Å²) in [5.41, 5.74) is 2.37. The van der Waals surface area contributed by atoms with Gasteiger partial charge in [0, 0.05) is 12.6 Å². The molecule has 3 rings (SSSR count). The number of hydrogen-bond donors (Lipinski definition) is 1. The topological polar surface area (TPSA) is 58.6 Å². The molecule has 1 fully saturated rings. The van der Waals surface area contributed by atoms with Crippen molar-refractivity contribution in [2.75, 3.05) is 13.2 Å². The fourth-order valence-electron chi connectivity index (χ4n) is 4.44. The molecule has 2 aromatic rings. The standard InChI is InChI=1S/C28H38N2O3/c1-4-26(28(32)29-24-12-8-9-13-24)30(19-18-22-10-6-5-7-11-22)27(31)20-33-25-16-14-23(15-17-25)21(2)3/h5-7,10-11,14-17,21,24,26H,4,8-9,12-13,18-20H2,1-3H3,(H,29,32). The first-order valence-electron chi connectivity index (χ1n) is 12.3. The van der Waals surface area contributed by atoms with Crippen molar-refractivity contribution in [2.24, 2.45) is 0 Å². The van der Waals surface area contributed by atoms with Gasteiger partial charge in [-0.1, -0.05) is 76.1 Å². The number of rotatable bonds is 11. The van der Waals surface area contributed by atoms with Crippen LogP contribution >= 0.6 is 0 Å². The first-order chi connectivity index (χ1) is 16.0. The highest BCUT2D eigenvalue weighted by molar-refractivity contribution is 5.88. The predicted octanol–water partition coefficient (Wildman–Crippen LogP) is 5.10. The van der Waals surface area contributed by atoms with E-state index in [-0.39, 0.29) is 24.5 Å². The molecular formula is C28H38N2O3. The fraction of sp³-hybridized carbons (Fsp3) is 0.500. The van der Waals surface area contributed by atoms with Crippen molar-refractivity contribution in [3.8, 4) is 5.75 Å². The van der Waals surface area contributed by atoms with E-state index in [9.17, 15) is 9.59 Å². The maximum Gasteiger partial charge on any atom is 0.261 e.